The lowest BCUT2D eigenvalue weighted by molar-refractivity contribution is -0.125. The van der Waals surface area contributed by atoms with Gasteiger partial charge in [0.2, 0.25) is 5.91 Å². The molecule has 0 bridgehead atoms. The van der Waals surface area contributed by atoms with Crippen molar-refractivity contribution in [3.05, 3.63) is 17.5 Å². The van der Waals surface area contributed by atoms with E-state index >= 15 is 0 Å². The summed E-state index contributed by atoms with van der Waals surface area (Å²) in [6.45, 7) is 6.62. The number of likely N-dealkylation sites (tertiary alicyclic amines) is 1. The van der Waals surface area contributed by atoms with Crippen LogP contribution < -0.4 is 10.2 Å². The molecular weight excluding hydrogens is 412 g/mol. The van der Waals surface area contributed by atoms with Gasteiger partial charge in [0.1, 0.15) is 4.83 Å². The van der Waals surface area contributed by atoms with Gasteiger partial charge in [-0.15, -0.1) is 0 Å². The molecule has 2 amide bonds. The summed E-state index contributed by atoms with van der Waals surface area (Å²) in [6, 6.07) is 0. The average Bonchev–Trinajstić information content (AvgIpc) is 3.43. The van der Waals surface area contributed by atoms with Gasteiger partial charge in [-0.25, -0.2) is 4.98 Å². The van der Waals surface area contributed by atoms with E-state index in [2.05, 4.69) is 24.5 Å². The summed E-state index contributed by atoms with van der Waals surface area (Å²) in [6.07, 6.45) is 5.42. The molecular formula is C22H32N6O2S. The second-order valence-electron chi connectivity index (χ2n) is 8.82. The predicted octanol–water partition coefficient (Wildman–Crippen LogP) is 2.13. The maximum atomic E-state index is 13.3. The summed E-state index contributed by atoms with van der Waals surface area (Å²) < 4.78 is 4.50. The Hall–Kier alpha value is -2.26. The SMILES string of the molecule is Cc1nsc2ncc(C(=O)N3CCCC3)c(N3CCC(C(=O)NCCN(C)C)CC3)c12. The monoisotopic (exact) mass is 444 g/mol. The minimum atomic E-state index is 0.0233. The van der Waals surface area contributed by atoms with Gasteiger partial charge in [-0.2, -0.15) is 4.37 Å². The first-order chi connectivity index (χ1) is 15.0. The molecule has 2 saturated heterocycles. The molecule has 1 N–H and O–H groups in total. The summed E-state index contributed by atoms with van der Waals surface area (Å²) in [5.74, 6) is 0.231. The first-order valence-corrected chi connectivity index (χ1v) is 11.9. The van der Waals surface area contributed by atoms with Crippen LogP contribution in [-0.2, 0) is 4.79 Å². The number of nitrogens with zero attached hydrogens (tertiary/aromatic N) is 5. The summed E-state index contributed by atoms with van der Waals surface area (Å²) in [5.41, 5.74) is 2.55. The first-order valence-electron chi connectivity index (χ1n) is 11.2. The van der Waals surface area contributed by atoms with Crippen LogP contribution >= 0.6 is 11.5 Å². The molecule has 0 aromatic carbocycles. The predicted molar refractivity (Wildman–Crippen MR) is 124 cm³/mol. The van der Waals surface area contributed by atoms with Crippen molar-refractivity contribution in [3.63, 3.8) is 0 Å². The van der Waals surface area contributed by atoms with Crippen LogP contribution in [0.5, 0.6) is 0 Å². The third kappa shape index (κ3) is 4.67. The zero-order chi connectivity index (χ0) is 22.0. The number of hydrogen-bond donors (Lipinski definition) is 1. The number of likely N-dealkylation sites (N-methyl/N-ethyl adjacent to an activating group) is 1. The fraction of sp³-hybridized carbons (Fsp3) is 0.636. The van der Waals surface area contributed by atoms with Crippen molar-refractivity contribution in [2.24, 2.45) is 5.92 Å². The fourth-order valence-electron chi connectivity index (χ4n) is 4.53. The molecule has 2 aliphatic heterocycles. The highest BCUT2D eigenvalue weighted by molar-refractivity contribution is 7.13. The van der Waals surface area contributed by atoms with E-state index in [0.717, 1.165) is 80.0 Å². The Morgan fingerprint density at radius 3 is 2.58 bits per heavy atom. The van der Waals surface area contributed by atoms with Crippen molar-refractivity contribution in [2.45, 2.75) is 32.6 Å². The first kappa shape index (κ1) is 22.0. The lowest BCUT2D eigenvalue weighted by atomic mass is 9.94. The number of anilines is 1. The van der Waals surface area contributed by atoms with Gasteiger partial charge in [-0.05, 0) is 58.2 Å². The highest BCUT2D eigenvalue weighted by atomic mass is 32.1. The summed E-state index contributed by atoms with van der Waals surface area (Å²) in [4.78, 5) is 37.6. The standard InChI is InChI=1S/C22H32N6O2S/c1-15-18-19(27-11-6-16(7-12-27)20(29)23-8-13-26(2)3)17(14-24-21(18)31-25-15)22(30)28-9-4-5-10-28/h14,16H,4-13H2,1-3H3,(H,23,29). The molecule has 0 atom stereocenters. The lowest BCUT2D eigenvalue weighted by Crippen LogP contribution is -2.42. The molecule has 2 aromatic heterocycles. The van der Waals surface area contributed by atoms with Crippen molar-refractivity contribution >= 4 is 39.3 Å². The third-order valence-electron chi connectivity index (χ3n) is 6.31. The van der Waals surface area contributed by atoms with Crippen molar-refractivity contribution in [1.29, 1.82) is 0 Å². The molecule has 8 nitrogen and oxygen atoms in total. The molecule has 0 aliphatic carbocycles. The lowest BCUT2D eigenvalue weighted by Gasteiger charge is -2.35. The molecule has 31 heavy (non-hydrogen) atoms. The number of aromatic nitrogens is 2. The molecule has 168 valence electrons. The smallest absolute Gasteiger partial charge is 0.257 e. The van der Waals surface area contributed by atoms with Crippen molar-refractivity contribution in [3.8, 4) is 0 Å². The Morgan fingerprint density at radius 1 is 1.19 bits per heavy atom. The van der Waals surface area contributed by atoms with Gasteiger partial charge in [0.05, 0.1) is 22.3 Å². The normalized spacial score (nSPS) is 17.7. The summed E-state index contributed by atoms with van der Waals surface area (Å²) >= 11 is 1.38. The molecule has 0 radical (unpaired) electrons. The molecule has 2 aromatic rings. The van der Waals surface area contributed by atoms with E-state index in [4.69, 9.17) is 0 Å². The van der Waals surface area contributed by atoms with Crippen molar-refractivity contribution < 1.29 is 9.59 Å². The Morgan fingerprint density at radius 2 is 1.90 bits per heavy atom. The van der Waals surface area contributed by atoms with Crippen LogP contribution in [0.3, 0.4) is 0 Å². The van der Waals surface area contributed by atoms with Gasteiger partial charge in [-0.1, -0.05) is 0 Å². The highest BCUT2D eigenvalue weighted by Gasteiger charge is 2.31. The molecule has 2 fully saturated rings. The van der Waals surface area contributed by atoms with Crippen LogP contribution in [0.25, 0.3) is 10.2 Å². The Labute approximate surface area is 187 Å². The third-order valence-corrected chi connectivity index (χ3v) is 7.16. The van der Waals surface area contributed by atoms with E-state index in [1.54, 1.807) is 6.20 Å². The number of carbonyl (C=O) groups excluding carboxylic acids is 2. The van der Waals surface area contributed by atoms with E-state index < -0.39 is 0 Å². The number of nitrogens with one attached hydrogen (secondary N) is 1. The van der Waals surface area contributed by atoms with Crippen LogP contribution in [-0.4, -0.2) is 84.3 Å². The minimum absolute atomic E-state index is 0.0233. The Bertz CT molecular complexity index is 945. The van der Waals surface area contributed by atoms with Gasteiger partial charge in [0, 0.05) is 51.4 Å². The number of amides is 2. The highest BCUT2D eigenvalue weighted by Crippen LogP contribution is 2.37. The van der Waals surface area contributed by atoms with Crippen LogP contribution in [0, 0.1) is 12.8 Å². The molecule has 9 heteroatoms. The summed E-state index contributed by atoms with van der Waals surface area (Å²) in [7, 11) is 4.00. The topological polar surface area (TPSA) is 81.7 Å². The fourth-order valence-corrected chi connectivity index (χ4v) is 5.28. The van der Waals surface area contributed by atoms with Gasteiger partial charge in [0.25, 0.3) is 5.91 Å². The van der Waals surface area contributed by atoms with Crippen molar-refractivity contribution in [2.75, 3.05) is 58.3 Å². The van der Waals surface area contributed by atoms with Crippen molar-refractivity contribution in [1.82, 2.24) is 24.5 Å². The maximum absolute atomic E-state index is 13.3. The van der Waals surface area contributed by atoms with E-state index in [1.807, 2.05) is 25.9 Å². The number of hydrogen-bond acceptors (Lipinski definition) is 7. The second kappa shape index (κ2) is 9.48. The van der Waals surface area contributed by atoms with Crippen LogP contribution in [0.15, 0.2) is 6.20 Å². The van der Waals surface area contributed by atoms with Gasteiger partial charge >= 0.3 is 0 Å². The Balaban J connectivity index is 1.54. The quantitative estimate of drug-likeness (QED) is 0.735. The van der Waals surface area contributed by atoms with Gasteiger partial charge < -0.3 is 20.0 Å². The Kier molecular flexibility index (Phi) is 6.71. The molecule has 0 unspecified atom stereocenters. The van der Waals surface area contributed by atoms with E-state index in [0.29, 0.717) is 12.1 Å². The zero-order valence-corrected chi connectivity index (χ0v) is 19.5. The number of pyridine rings is 1. The van der Waals surface area contributed by atoms with E-state index in [1.165, 1.54) is 11.5 Å². The largest absolute Gasteiger partial charge is 0.370 e. The number of rotatable bonds is 6. The average molecular weight is 445 g/mol. The molecule has 0 spiro atoms. The number of piperidine rings is 1. The van der Waals surface area contributed by atoms with Gasteiger partial charge in [0.15, 0.2) is 0 Å². The molecule has 4 rings (SSSR count). The number of fused-ring (bicyclic) bond motifs is 1. The molecule has 4 heterocycles. The number of carbonyl (C=O) groups is 2. The molecule has 2 aliphatic rings. The number of aryl methyl sites for hydroxylation is 1. The van der Waals surface area contributed by atoms with Crippen LogP contribution in [0.4, 0.5) is 5.69 Å². The van der Waals surface area contributed by atoms with Crippen LogP contribution in [0.1, 0.15) is 41.7 Å². The zero-order valence-electron chi connectivity index (χ0n) is 18.7. The second-order valence-corrected chi connectivity index (χ2v) is 9.58. The van der Waals surface area contributed by atoms with Gasteiger partial charge in [-0.3, -0.25) is 9.59 Å². The summed E-state index contributed by atoms with van der Waals surface area (Å²) in [5, 5.41) is 4.05. The van der Waals surface area contributed by atoms with E-state index in [-0.39, 0.29) is 17.7 Å². The van der Waals surface area contributed by atoms with E-state index in [9.17, 15) is 9.59 Å². The van der Waals surface area contributed by atoms with Crippen LogP contribution in [0.2, 0.25) is 0 Å². The molecule has 0 saturated carbocycles. The minimum Gasteiger partial charge on any atom is -0.370 e. The maximum Gasteiger partial charge on any atom is 0.257 e.